The molecule has 7 N–H and O–H groups in total. The summed E-state index contributed by atoms with van der Waals surface area (Å²) in [6.45, 7) is 1.53. The molecule has 0 unspecified atom stereocenters. The molecule has 0 saturated heterocycles. The highest BCUT2D eigenvalue weighted by Gasteiger charge is 2.12. The standard InChI is InChI=1S/C5H9NO4.C2H6N2/c6-3(5(9)10)1-2-4(7)8;1-2(3)4/h3H,1-2,6H2,(H,7,8)(H,9,10);1H3,(H3,3,4)/t3-;/m0./s1. The van der Waals surface area contributed by atoms with Gasteiger partial charge in [0.25, 0.3) is 0 Å². The van der Waals surface area contributed by atoms with Gasteiger partial charge in [0.15, 0.2) is 0 Å². The summed E-state index contributed by atoms with van der Waals surface area (Å²) in [5, 5.41) is 22.6. The maximum atomic E-state index is 9.99. The molecule has 0 fully saturated rings. The molecule has 14 heavy (non-hydrogen) atoms. The molecule has 0 aromatic rings. The maximum Gasteiger partial charge on any atom is 0.320 e. The highest BCUT2D eigenvalue weighted by Crippen LogP contribution is 1.93. The van der Waals surface area contributed by atoms with Crippen molar-refractivity contribution in [2.45, 2.75) is 25.8 Å². The van der Waals surface area contributed by atoms with Crippen LogP contribution in [-0.2, 0) is 9.59 Å². The molecule has 0 amide bonds. The minimum Gasteiger partial charge on any atom is -0.481 e. The van der Waals surface area contributed by atoms with Crippen LogP contribution in [0, 0.1) is 5.41 Å². The Bertz CT molecular complexity index is 213. The number of nitrogens with one attached hydrogen (secondary N) is 1. The monoisotopic (exact) mass is 205 g/mol. The van der Waals surface area contributed by atoms with Crippen LogP contribution in [0.2, 0.25) is 0 Å². The van der Waals surface area contributed by atoms with Gasteiger partial charge in [-0.1, -0.05) is 0 Å². The first-order valence-electron chi connectivity index (χ1n) is 3.78. The molecule has 0 aliphatic carbocycles. The highest BCUT2D eigenvalue weighted by atomic mass is 16.4. The van der Waals surface area contributed by atoms with Crippen molar-refractivity contribution >= 4 is 17.8 Å². The number of carboxylic acid groups (broad SMARTS) is 2. The first kappa shape index (κ1) is 14.9. The molecule has 0 aromatic carbocycles. The van der Waals surface area contributed by atoms with Crippen molar-refractivity contribution in [2.24, 2.45) is 11.5 Å². The molecule has 0 radical (unpaired) electrons. The number of hydrogen-bond donors (Lipinski definition) is 5. The van der Waals surface area contributed by atoms with Crippen molar-refractivity contribution < 1.29 is 19.8 Å². The van der Waals surface area contributed by atoms with Gasteiger partial charge in [-0.2, -0.15) is 0 Å². The molecule has 0 spiro atoms. The van der Waals surface area contributed by atoms with E-state index in [4.69, 9.17) is 27.1 Å². The van der Waals surface area contributed by atoms with Crippen LogP contribution in [0.5, 0.6) is 0 Å². The van der Waals surface area contributed by atoms with Gasteiger partial charge in [-0.3, -0.25) is 15.0 Å². The summed E-state index contributed by atoms with van der Waals surface area (Å²) >= 11 is 0. The highest BCUT2D eigenvalue weighted by molar-refractivity contribution is 5.74. The third kappa shape index (κ3) is 16.8. The number of carbonyl (C=O) groups is 2. The van der Waals surface area contributed by atoms with Gasteiger partial charge in [0.1, 0.15) is 6.04 Å². The number of hydrogen-bond acceptors (Lipinski definition) is 4. The van der Waals surface area contributed by atoms with Crippen LogP contribution >= 0.6 is 0 Å². The second-order valence-corrected chi connectivity index (χ2v) is 2.56. The van der Waals surface area contributed by atoms with E-state index >= 15 is 0 Å². The van der Waals surface area contributed by atoms with Crippen LogP contribution in [0.25, 0.3) is 0 Å². The Balaban J connectivity index is 0. The predicted molar refractivity (Wildman–Crippen MR) is 50.1 cm³/mol. The zero-order valence-electron chi connectivity index (χ0n) is 7.86. The summed E-state index contributed by atoms with van der Waals surface area (Å²) in [4.78, 5) is 19.9. The first-order chi connectivity index (χ1) is 6.27. The normalized spacial score (nSPS) is 10.7. The lowest BCUT2D eigenvalue weighted by molar-refractivity contribution is -0.139. The largest absolute Gasteiger partial charge is 0.481 e. The van der Waals surface area contributed by atoms with Gasteiger partial charge in [0.05, 0.1) is 5.84 Å². The van der Waals surface area contributed by atoms with E-state index in [0.29, 0.717) is 0 Å². The van der Waals surface area contributed by atoms with E-state index in [0.717, 1.165) is 0 Å². The molecule has 82 valence electrons. The summed E-state index contributed by atoms with van der Waals surface area (Å²) in [7, 11) is 0. The van der Waals surface area contributed by atoms with Crippen molar-refractivity contribution in [3.05, 3.63) is 0 Å². The third-order valence-corrected chi connectivity index (χ3v) is 0.986. The number of rotatable bonds is 4. The molecule has 0 aliphatic heterocycles. The summed E-state index contributed by atoms with van der Waals surface area (Å²) in [6, 6.07) is -1.06. The van der Waals surface area contributed by atoms with E-state index in [-0.39, 0.29) is 18.7 Å². The predicted octanol–water partition coefficient (Wildman–Crippen LogP) is -0.795. The van der Waals surface area contributed by atoms with Crippen molar-refractivity contribution in [1.29, 1.82) is 5.41 Å². The first-order valence-corrected chi connectivity index (χ1v) is 3.78. The van der Waals surface area contributed by atoms with Crippen LogP contribution in [0.15, 0.2) is 0 Å². The number of carboxylic acids is 2. The Labute approximate surface area is 81.2 Å². The molecular weight excluding hydrogens is 190 g/mol. The average Bonchev–Trinajstić information content (AvgIpc) is 1.98. The lowest BCUT2D eigenvalue weighted by Crippen LogP contribution is -2.30. The summed E-state index contributed by atoms with van der Waals surface area (Å²) in [5.41, 5.74) is 9.70. The summed E-state index contributed by atoms with van der Waals surface area (Å²) in [5.74, 6) is -2.03. The Morgan fingerprint density at radius 2 is 1.79 bits per heavy atom. The number of nitrogens with two attached hydrogens (primary N) is 2. The zero-order chi connectivity index (χ0) is 11.7. The molecular formula is C7H15N3O4. The van der Waals surface area contributed by atoms with Crippen LogP contribution in [-0.4, -0.2) is 34.0 Å². The number of aliphatic carboxylic acids is 2. The van der Waals surface area contributed by atoms with E-state index in [9.17, 15) is 9.59 Å². The molecule has 7 heteroatoms. The van der Waals surface area contributed by atoms with Crippen molar-refractivity contribution in [1.82, 2.24) is 0 Å². The third-order valence-electron chi connectivity index (χ3n) is 0.986. The van der Waals surface area contributed by atoms with Crippen LogP contribution in [0.3, 0.4) is 0 Å². The van der Waals surface area contributed by atoms with Crippen LogP contribution < -0.4 is 11.5 Å². The molecule has 0 aliphatic rings. The second-order valence-electron chi connectivity index (χ2n) is 2.56. The quantitative estimate of drug-likeness (QED) is 0.299. The number of amidine groups is 1. The average molecular weight is 205 g/mol. The molecule has 0 bridgehead atoms. The van der Waals surface area contributed by atoms with E-state index in [1.165, 1.54) is 6.92 Å². The zero-order valence-corrected chi connectivity index (χ0v) is 7.86. The second kappa shape index (κ2) is 7.99. The van der Waals surface area contributed by atoms with Crippen molar-refractivity contribution in [3.8, 4) is 0 Å². The van der Waals surface area contributed by atoms with Crippen molar-refractivity contribution in [2.75, 3.05) is 0 Å². The van der Waals surface area contributed by atoms with Crippen LogP contribution in [0.1, 0.15) is 19.8 Å². The van der Waals surface area contributed by atoms with Gasteiger partial charge in [-0.05, 0) is 13.3 Å². The van der Waals surface area contributed by atoms with E-state index in [1.54, 1.807) is 0 Å². The molecule has 0 aromatic heterocycles. The lowest BCUT2D eigenvalue weighted by atomic mass is 10.2. The molecule has 7 nitrogen and oxygen atoms in total. The minimum atomic E-state index is -1.17. The van der Waals surface area contributed by atoms with Gasteiger partial charge in [-0.25, -0.2) is 0 Å². The molecule has 0 rings (SSSR count). The Morgan fingerprint density at radius 3 is 2.00 bits per heavy atom. The Hall–Kier alpha value is -1.63. The van der Waals surface area contributed by atoms with Crippen LogP contribution in [0.4, 0.5) is 0 Å². The maximum absolute atomic E-state index is 9.99. The van der Waals surface area contributed by atoms with Gasteiger partial charge in [0, 0.05) is 6.42 Å². The smallest absolute Gasteiger partial charge is 0.320 e. The Kier molecular flexibility index (Phi) is 8.49. The van der Waals surface area contributed by atoms with Gasteiger partial charge >= 0.3 is 11.9 Å². The topological polar surface area (TPSA) is 150 Å². The van der Waals surface area contributed by atoms with Crippen molar-refractivity contribution in [3.63, 3.8) is 0 Å². The Morgan fingerprint density at radius 1 is 1.43 bits per heavy atom. The van der Waals surface area contributed by atoms with Gasteiger partial charge in [-0.15, -0.1) is 0 Å². The van der Waals surface area contributed by atoms with E-state index < -0.39 is 18.0 Å². The fraction of sp³-hybridized carbons (Fsp3) is 0.571. The van der Waals surface area contributed by atoms with Gasteiger partial charge in [0.2, 0.25) is 0 Å². The molecule has 1 atom stereocenters. The van der Waals surface area contributed by atoms with Gasteiger partial charge < -0.3 is 21.7 Å². The fourth-order valence-corrected chi connectivity index (χ4v) is 0.402. The van der Waals surface area contributed by atoms with E-state index in [2.05, 4.69) is 0 Å². The minimum absolute atomic E-state index is 0.0231. The fourth-order valence-electron chi connectivity index (χ4n) is 0.402. The molecule has 0 saturated carbocycles. The summed E-state index contributed by atoms with van der Waals surface area (Å²) < 4.78 is 0. The molecule has 0 heterocycles. The summed E-state index contributed by atoms with van der Waals surface area (Å²) in [6.07, 6.45) is -0.224. The SMILES string of the molecule is CC(=N)N.N[C@@H](CCC(=O)O)C(=O)O. The lowest BCUT2D eigenvalue weighted by Gasteiger charge is -2.01. The van der Waals surface area contributed by atoms with E-state index in [1.807, 2.05) is 0 Å².